The van der Waals surface area contributed by atoms with E-state index in [1.807, 2.05) is 0 Å². The molecular weight excluding hydrogens is 421 g/mol. The average Bonchev–Trinajstić information content (AvgIpc) is 2.53. The molecule has 23 heavy (non-hydrogen) atoms. The van der Waals surface area contributed by atoms with Crippen LogP contribution in [0.1, 0.15) is 59.3 Å². The average molecular weight is 457 g/mol. The molecule has 1 saturated heterocycles. The molecule has 0 bridgehead atoms. The summed E-state index contributed by atoms with van der Waals surface area (Å²) in [5.41, 5.74) is 0. The van der Waals surface area contributed by atoms with Gasteiger partial charge in [-0.2, -0.15) is 11.8 Å². The highest BCUT2D eigenvalue weighted by Crippen LogP contribution is 2.35. The summed E-state index contributed by atoms with van der Waals surface area (Å²) in [6.45, 7) is 11.2. The largest absolute Gasteiger partial charge is 0.381 e. The SMILES string of the molecule is CCCCCCNC(=NCC1(SCC)CCOCC1)NCC.I. The Morgan fingerprint density at radius 1 is 1.09 bits per heavy atom. The maximum absolute atomic E-state index is 5.53. The second-order valence-electron chi connectivity index (χ2n) is 5.91. The molecule has 6 heteroatoms. The minimum Gasteiger partial charge on any atom is -0.381 e. The highest BCUT2D eigenvalue weighted by atomic mass is 127. The first-order valence-electron chi connectivity index (χ1n) is 9.00. The van der Waals surface area contributed by atoms with Crippen molar-refractivity contribution in [2.24, 2.45) is 4.99 Å². The normalized spacial score (nSPS) is 17.4. The van der Waals surface area contributed by atoms with E-state index in [1.165, 1.54) is 25.7 Å². The second kappa shape index (κ2) is 14.6. The van der Waals surface area contributed by atoms with Crippen LogP contribution in [0.25, 0.3) is 0 Å². The molecule has 1 rings (SSSR count). The van der Waals surface area contributed by atoms with Crippen molar-refractivity contribution in [1.29, 1.82) is 0 Å². The molecular formula is C17H36IN3OS. The van der Waals surface area contributed by atoms with Gasteiger partial charge in [0.15, 0.2) is 5.96 Å². The maximum atomic E-state index is 5.53. The van der Waals surface area contributed by atoms with Crippen molar-refractivity contribution >= 4 is 41.7 Å². The summed E-state index contributed by atoms with van der Waals surface area (Å²) in [6.07, 6.45) is 7.37. The Morgan fingerprint density at radius 2 is 1.83 bits per heavy atom. The number of hydrogen-bond donors (Lipinski definition) is 2. The molecule has 0 amide bonds. The lowest BCUT2D eigenvalue weighted by Gasteiger charge is -2.35. The van der Waals surface area contributed by atoms with Gasteiger partial charge in [-0.25, -0.2) is 0 Å². The first-order chi connectivity index (χ1) is 10.8. The third kappa shape index (κ3) is 10.0. The van der Waals surface area contributed by atoms with Gasteiger partial charge in [0.05, 0.1) is 6.54 Å². The Hall–Kier alpha value is 0.310. The Balaban J connectivity index is 0.00000484. The molecule has 138 valence electrons. The van der Waals surface area contributed by atoms with Gasteiger partial charge in [-0.3, -0.25) is 4.99 Å². The summed E-state index contributed by atoms with van der Waals surface area (Å²) < 4.78 is 5.81. The summed E-state index contributed by atoms with van der Waals surface area (Å²) in [6, 6.07) is 0. The van der Waals surface area contributed by atoms with Gasteiger partial charge in [0, 0.05) is 31.1 Å². The second-order valence-corrected chi connectivity index (χ2v) is 7.64. The summed E-state index contributed by atoms with van der Waals surface area (Å²) in [7, 11) is 0. The van der Waals surface area contributed by atoms with E-state index in [9.17, 15) is 0 Å². The van der Waals surface area contributed by atoms with E-state index >= 15 is 0 Å². The molecule has 0 radical (unpaired) electrons. The monoisotopic (exact) mass is 457 g/mol. The van der Waals surface area contributed by atoms with E-state index in [0.717, 1.165) is 57.4 Å². The number of guanidine groups is 1. The zero-order valence-electron chi connectivity index (χ0n) is 15.2. The first kappa shape index (κ1) is 23.3. The van der Waals surface area contributed by atoms with E-state index in [4.69, 9.17) is 9.73 Å². The van der Waals surface area contributed by atoms with Crippen LogP contribution in [0.2, 0.25) is 0 Å². The summed E-state index contributed by atoms with van der Waals surface area (Å²) in [4.78, 5) is 4.86. The molecule has 0 atom stereocenters. The molecule has 1 aliphatic rings. The van der Waals surface area contributed by atoms with Crippen LogP contribution in [0.4, 0.5) is 0 Å². The lowest BCUT2D eigenvalue weighted by molar-refractivity contribution is 0.0793. The van der Waals surface area contributed by atoms with Crippen molar-refractivity contribution in [3.63, 3.8) is 0 Å². The number of unbranched alkanes of at least 4 members (excludes halogenated alkanes) is 3. The van der Waals surface area contributed by atoms with Gasteiger partial charge >= 0.3 is 0 Å². The van der Waals surface area contributed by atoms with Crippen LogP contribution in [-0.4, -0.2) is 49.3 Å². The predicted octanol–water partition coefficient (Wildman–Crippen LogP) is 4.04. The van der Waals surface area contributed by atoms with Crippen LogP contribution in [0.3, 0.4) is 0 Å². The Bertz CT molecular complexity index is 305. The predicted molar refractivity (Wildman–Crippen MR) is 114 cm³/mol. The molecule has 0 spiro atoms. The van der Waals surface area contributed by atoms with Crippen molar-refractivity contribution in [2.75, 3.05) is 38.6 Å². The van der Waals surface area contributed by atoms with Crippen molar-refractivity contribution in [1.82, 2.24) is 10.6 Å². The molecule has 2 N–H and O–H groups in total. The van der Waals surface area contributed by atoms with Gasteiger partial charge in [-0.15, -0.1) is 24.0 Å². The zero-order valence-corrected chi connectivity index (χ0v) is 18.3. The van der Waals surface area contributed by atoms with E-state index in [2.05, 4.69) is 43.2 Å². The minimum absolute atomic E-state index is 0. The van der Waals surface area contributed by atoms with Crippen molar-refractivity contribution in [3.05, 3.63) is 0 Å². The molecule has 1 fully saturated rings. The smallest absolute Gasteiger partial charge is 0.191 e. The van der Waals surface area contributed by atoms with Gasteiger partial charge in [0.25, 0.3) is 0 Å². The van der Waals surface area contributed by atoms with Crippen LogP contribution in [0.5, 0.6) is 0 Å². The van der Waals surface area contributed by atoms with E-state index < -0.39 is 0 Å². The third-order valence-corrected chi connectivity index (χ3v) is 5.49. The van der Waals surface area contributed by atoms with Crippen LogP contribution in [0, 0.1) is 0 Å². The van der Waals surface area contributed by atoms with Crippen LogP contribution >= 0.6 is 35.7 Å². The van der Waals surface area contributed by atoms with Gasteiger partial charge < -0.3 is 15.4 Å². The quantitative estimate of drug-likeness (QED) is 0.225. The number of nitrogens with one attached hydrogen (secondary N) is 2. The molecule has 0 aromatic rings. The number of thioether (sulfide) groups is 1. The lowest BCUT2D eigenvalue weighted by Crippen LogP contribution is -2.41. The number of halogens is 1. The Morgan fingerprint density at radius 3 is 2.43 bits per heavy atom. The minimum atomic E-state index is 0. The fourth-order valence-electron chi connectivity index (χ4n) is 2.72. The standard InChI is InChI=1S/C17H35N3OS.HI/c1-4-7-8-9-12-19-16(18-5-2)20-15-17(22-6-3)10-13-21-14-11-17;/h4-15H2,1-3H3,(H2,18,19,20);1H. The highest BCUT2D eigenvalue weighted by Gasteiger charge is 2.32. The number of rotatable bonds is 10. The lowest BCUT2D eigenvalue weighted by atomic mass is 9.99. The van der Waals surface area contributed by atoms with Crippen LogP contribution < -0.4 is 10.6 Å². The number of hydrogen-bond acceptors (Lipinski definition) is 3. The van der Waals surface area contributed by atoms with Gasteiger partial charge in [0.1, 0.15) is 0 Å². The van der Waals surface area contributed by atoms with Crippen molar-refractivity contribution < 1.29 is 4.74 Å². The van der Waals surface area contributed by atoms with Gasteiger partial charge in [-0.05, 0) is 31.9 Å². The molecule has 0 aromatic heterocycles. The molecule has 0 aliphatic carbocycles. The van der Waals surface area contributed by atoms with E-state index in [-0.39, 0.29) is 28.7 Å². The summed E-state index contributed by atoms with van der Waals surface area (Å²) >= 11 is 2.05. The Labute approximate surface area is 164 Å². The number of nitrogens with zero attached hydrogens (tertiary/aromatic N) is 1. The highest BCUT2D eigenvalue weighted by molar-refractivity contribution is 14.0. The molecule has 1 heterocycles. The van der Waals surface area contributed by atoms with Crippen molar-refractivity contribution in [3.8, 4) is 0 Å². The van der Waals surface area contributed by atoms with Crippen LogP contribution in [-0.2, 0) is 4.74 Å². The first-order valence-corrected chi connectivity index (χ1v) is 9.98. The summed E-state index contributed by atoms with van der Waals surface area (Å²) in [5.74, 6) is 2.12. The number of aliphatic imine (C=N–C) groups is 1. The number of ether oxygens (including phenoxy) is 1. The van der Waals surface area contributed by atoms with Gasteiger partial charge in [0.2, 0.25) is 0 Å². The molecule has 4 nitrogen and oxygen atoms in total. The van der Waals surface area contributed by atoms with E-state index in [0.29, 0.717) is 0 Å². The third-order valence-electron chi connectivity index (χ3n) is 4.05. The Kier molecular flexibility index (Phi) is 14.8. The maximum Gasteiger partial charge on any atom is 0.191 e. The molecule has 0 saturated carbocycles. The molecule has 0 aromatic carbocycles. The van der Waals surface area contributed by atoms with E-state index in [1.54, 1.807) is 0 Å². The van der Waals surface area contributed by atoms with Crippen LogP contribution in [0.15, 0.2) is 4.99 Å². The zero-order chi connectivity index (χ0) is 16.1. The fraction of sp³-hybridized carbons (Fsp3) is 0.941. The van der Waals surface area contributed by atoms with Gasteiger partial charge in [-0.1, -0.05) is 33.1 Å². The topological polar surface area (TPSA) is 45.7 Å². The fourth-order valence-corrected chi connectivity index (χ4v) is 3.94. The molecule has 0 unspecified atom stereocenters. The summed E-state index contributed by atoms with van der Waals surface area (Å²) in [5, 5.41) is 6.85. The molecule has 1 aliphatic heterocycles. The van der Waals surface area contributed by atoms with Crippen molar-refractivity contribution in [2.45, 2.75) is 64.0 Å².